The third-order valence-corrected chi connectivity index (χ3v) is 5.33. The molecule has 4 rings (SSSR count). The van der Waals surface area contributed by atoms with Gasteiger partial charge in [0.15, 0.2) is 0 Å². The summed E-state index contributed by atoms with van der Waals surface area (Å²) < 4.78 is 1.75. The minimum Gasteiger partial charge on any atom is -0.386 e. The molecule has 0 aliphatic rings. The van der Waals surface area contributed by atoms with Crippen molar-refractivity contribution in [1.29, 1.82) is 0 Å². The highest BCUT2D eigenvalue weighted by Gasteiger charge is 2.19. The standard InChI is InChI=1S/C26H26N4O3/c1-16(2)29-25(32)22-15-30(24-21(23(22)31)9-6-10-28-24)20-8-5-7-17(12-20)18-11-19(14-27-13-18)26(3,4)33/h5-16,33H,1-4H3,(H,29,32). The van der Waals surface area contributed by atoms with Crippen molar-refractivity contribution in [2.75, 3.05) is 0 Å². The Kier molecular flexibility index (Phi) is 5.82. The number of nitrogens with zero attached hydrogens (tertiary/aromatic N) is 3. The predicted molar refractivity (Wildman–Crippen MR) is 128 cm³/mol. The lowest BCUT2D eigenvalue weighted by Gasteiger charge is -2.18. The van der Waals surface area contributed by atoms with Gasteiger partial charge in [0.25, 0.3) is 5.91 Å². The molecule has 0 saturated carbocycles. The van der Waals surface area contributed by atoms with Gasteiger partial charge >= 0.3 is 0 Å². The highest BCUT2D eigenvalue weighted by atomic mass is 16.3. The van der Waals surface area contributed by atoms with E-state index in [0.717, 1.165) is 16.8 Å². The monoisotopic (exact) mass is 442 g/mol. The van der Waals surface area contributed by atoms with Crippen LogP contribution < -0.4 is 10.7 Å². The van der Waals surface area contributed by atoms with Crippen LogP contribution in [0.15, 0.2) is 72.0 Å². The molecule has 0 bridgehead atoms. The van der Waals surface area contributed by atoms with Crippen LogP contribution in [0.5, 0.6) is 0 Å². The molecule has 33 heavy (non-hydrogen) atoms. The van der Waals surface area contributed by atoms with Gasteiger partial charge in [-0.1, -0.05) is 12.1 Å². The Morgan fingerprint density at radius 1 is 1.09 bits per heavy atom. The second-order valence-corrected chi connectivity index (χ2v) is 8.82. The summed E-state index contributed by atoms with van der Waals surface area (Å²) in [5.74, 6) is -0.423. The number of hydrogen-bond donors (Lipinski definition) is 2. The average Bonchev–Trinajstić information content (AvgIpc) is 2.78. The summed E-state index contributed by atoms with van der Waals surface area (Å²) in [5, 5.41) is 13.5. The van der Waals surface area contributed by atoms with Gasteiger partial charge in [0.05, 0.1) is 11.0 Å². The number of amides is 1. The van der Waals surface area contributed by atoms with Gasteiger partial charge < -0.3 is 15.0 Å². The van der Waals surface area contributed by atoms with E-state index in [1.807, 2.05) is 44.2 Å². The largest absolute Gasteiger partial charge is 0.386 e. The molecule has 0 unspecified atom stereocenters. The Balaban J connectivity index is 1.89. The van der Waals surface area contributed by atoms with Crippen LogP contribution in [0.25, 0.3) is 27.8 Å². The van der Waals surface area contributed by atoms with Crippen molar-refractivity contribution < 1.29 is 9.90 Å². The molecule has 0 saturated heterocycles. The Morgan fingerprint density at radius 3 is 2.61 bits per heavy atom. The number of nitrogens with one attached hydrogen (secondary N) is 1. The maximum atomic E-state index is 13.0. The Morgan fingerprint density at radius 2 is 1.88 bits per heavy atom. The lowest BCUT2D eigenvalue weighted by molar-refractivity contribution is 0.0782. The number of hydrogen-bond acceptors (Lipinski definition) is 5. The fourth-order valence-electron chi connectivity index (χ4n) is 3.63. The number of rotatable bonds is 5. The highest BCUT2D eigenvalue weighted by molar-refractivity contribution is 5.97. The summed E-state index contributed by atoms with van der Waals surface area (Å²) in [6.07, 6.45) is 6.54. The zero-order chi connectivity index (χ0) is 23.8. The minimum atomic E-state index is -1.02. The molecule has 7 nitrogen and oxygen atoms in total. The van der Waals surface area contributed by atoms with Gasteiger partial charge in [0.2, 0.25) is 5.43 Å². The van der Waals surface area contributed by atoms with Crippen LogP contribution in [0.3, 0.4) is 0 Å². The van der Waals surface area contributed by atoms with E-state index in [2.05, 4.69) is 15.3 Å². The number of aromatic nitrogens is 3. The number of pyridine rings is 3. The summed E-state index contributed by atoms with van der Waals surface area (Å²) in [7, 11) is 0. The summed E-state index contributed by atoms with van der Waals surface area (Å²) in [6, 6.07) is 12.8. The van der Waals surface area contributed by atoms with Crippen molar-refractivity contribution >= 4 is 16.9 Å². The fraction of sp³-hybridized carbons (Fsp3) is 0.231. The number of carbonyl (C=O) groups excluding carboxylic acids is 1. The topological polar surface area (TPSA) is 97.1 Å². The second-order valence-electron chi connectivity index (χ2n) is 8.82. The van der Waals surface area contributed by atoms with Gasteiger partial charge in [-0.15, -0.1) is 0 Å². The van der Waals surface area contributed by atoms with Crippen LogP contribution in [0, 0.1) is 0 Å². The molecule has 4 aromatic rings. The van der Waals surface area contributed by atoms with E-state index in [9.17, 15) is 14.7 Å². The van der Waals surface area contributed by atoms with Crippen LogP contribution in [-0.4, -0.2) is 31.6 Å². The molecule has 0 spiro atoms. The van der Waals surface area contributed by atoms with Gasteiger partial charge in [-0.25, -0.2) is 4.98 Å². The van der Waals surface area contributed by atoms with Crippen molar-refractivity contribution in [2.24, 2.45) is 0 Å². The first-order valence-electron chi connectivity index (χ1n) is 10.7. The third kappa shape index (κ3) is 4.54. The smallest absolute Gasteiger partial charge is 0.256 e. The molecule has 0 aliphatic carbocycles. The van der Waals surface area contributed by atoms with Crippen LogP contribution >= 0.6 is 0 Å². The molecule has 3 aromatic heterocycles. The number of aliphatic hydroxyl groups is 1. The molecule has 1 aromatic carbocycles. The van der Waals surface area contributed by atoms with E-state index >= 15 is 0 Å². The molecule has 2 N–H and O–H groups in total. The second kappa shape index (κ2) is 8.60. The van der Waals surface area contributed by atoms with Crippen LogP contribution in [0.1, 0.15) is 43.6 Å². The molecule has 168 valence electrons. The van der Waals surface area contributed by atoms with E-state index in [1.165, 1.54) is 0 Å². The first-order chi connectivity index (χ1) is 15.6. The first-order valence-corrected chi connectivity index (χ1v) is 10.7. The number of benzene rings is 1. The Labute approximate surface area is 191 Å². The molecule has 0 atom stereocenters. The molecular formula is C26H26N4O3. The first kappa shape index (κ1) is 22.4. The van der Waals surface area contributed by atoms with E-state index in [0.29, 0.717) is 16.6 Å². The molecule has 0 aliphatic heterocycles. The maximum Gasteiger partial charge on any atom is 0.256 e. The van der Waals surface area contributed by atoms with Crippen molar-refractivity contribution in [3.63, 3.8) is 0 Å². The summed E-state index contributed by atoms with van der Waals surface area (Å²) in [5.41, 5.74) is 2.31. The zero-order valence-corrected chi connectivity index (χ0v) is 19.0. The van der Waals surface area contributed by atoms with Crippen LogP contribution in [0.4, 0.5) is 0 Å². The van der Waals surface area contributed by atoms with Crippen molar-refractivity contribution in [3.8, 4) is 16.8 Å². The summed E-state index contributed by atoms with van der Waals surface area (Å²) in [6.45, 7) is 7.12. The van der Waals surface area contributed by atoms with Crippen LogP contribution in [-0.2, 0) is 5.60 Å². The normalized spacial score (nSPS) is 11.7. The Hall–Kier alpha value is -3.84. The van der Waals surface area contributed by atoms with E-state index in [-0.39, 0.29) is 17.0 Å². The third-order valence-electron chi connectivity index (χ3n) is 5.33. The predicted octanol–water partition coefficient (Wildman–Crippen LogP) is 3.81. The highest BCUT2D eigenvalue weighted by Crippen LogP contribution is 2.27. The van der Waals surface area contributed by atoms with Gasteiger partial charge in [-0.05, 0) is 63.6 Å². The number of carbonyl (C=O) groups is 1. The van der Waals surface area contributed by atoms with E-state index < -0.39 is 11.5 Å². The zero-order valence-electron chi connectivity index (χ0n) is 19.0. The molecule has 7 heteroatoms. The lowest BCUT2D eigenvalue weighted by atomic mass is 9.97. The molecule has 0 radical (unpaired) electrons. The molecular weight excluding hydrogens is 416 g/mol. The quantitative estimate of drug-likeness (QED) is 0.490. The lowest BCUT2D eigenvalue weighted by Crippen LogP contribution is -2.34. The number of fused-ring (bicyclic) bond motifs is 1. The molecule has 0 fully saturated rings. The SMILES string of the molecule is CC(C)NC(=O)c1cn(-c2cccc(-c3cncc(C(C)(C)O)c3)c2)c2ncccc2c1=O. The molecule has 1 amide bonds. The van der Waals surface area contributed by atoms with E-state index in [1.54, 1.807) is 55.3 Å². The summed E-state index contributed by atoms with van der Waals surface area (Å²) >= 11 is 0. The van der Waals surface area contributed by atoms with Gasteiger partial charge in [-0.2, -0.15) is 0 Å². The average molecular weight is 443 g/mol. The van der Waals surface area contributed by atoms with Crippen molar-refractivity contribution in [2.45, 2.75) is 39.3 Å². The Bertz CT molecular complexity index is 1400. The van der Waals surface area contributed by atoms with E-state index in [4.69, 9.17) is 0 Å². The summed E-state index contributed by atoms with van der Waals surface area (Å²) in [4.78, 5) is 34.5. The van der Waals surface area contributed by atoms with Crippen LogP contribution in [0.2, 0.25) is 0 Å². The van der Waals surface area contributed by atoms with Gasteiger partial charge in [0.1, 0.15) is 11.2 Å². The minimum absolute atomic E-state index is 0.0558. The van der Waals surface area contributed by atoms with Gasteiger partial charge in [0, 0.05) is 47.6 Å². The van der Waals surface area contributed by atoms with Crippen molar-refractivity contribution in [3.05, 3.63) is 88.6 Å². The van der Waals surface area contributed by atoms with Crippen molar-refractivity contribution in [1.82, 2.24) is 19.9 Å². The maximum absolute atomic E-state index is 13.0. The molecule has 3 heterocycles. The fourth-order valence-corrected chi connectivity index (χ4v) is 3.63. The van der Waals surface area contributed by atoms with Gasteiger partial charge in [-0.3, -0.25) is 14.6 Å².